The van der Waals surface area contributed by atoms with Crippen LogP contribution in [0.2, 0.25) is 0 Å². The van der Waals surface area contributed by atoms with E-state index in [1.54, 1.807) is 7.11 Å². The number of rotatable bonds is 14. The van der Waals surface area contributed by atoms with Crippen molar-refractivity contribution in [1.29, 1.82) is 0 Å². The molecule has 4 nitrogen and oxygen atoms in total. The summed E-state index contributed by atoms with van der Waals surface area (Å²) in [5.41, 5.74) is 0. The third-order valence-corrected chi connectivity index (χ3v) is 3.30. The topological polar surface area (TPSA) is 39.7 Å². The molecule has 0 aliphatic rings. The Balaban J connectivity index is 3.42. The Morgan fingerprint density at radius 2 is 1.58 bits per heavy atom. The largest absolute Gasteiger partial charge is 0.382 e. The highest BCUT2D eigenvalue weighted by Gasteiger charge is 2.13. The number of methoxy groups -OCH3 is 1. The summed E-state index contributed by atoms with van der Waals surface area (Å²) < 4.78 is 15.8. The molecule has 0 aromatic carbocycles. The van der Waals surface area contributed by atoms with Crippen LogP contribution in [0.5, 0.6) is 0 Å². The van der Waals surface area contributed by atoms with Crippen molar-refractivity contribution in [3.8, 4) is 0 Å². The van der Waals surface area contributed by atoms with Crippen LogP contribution < -0.4 is 5.32 Å². The normalized spacial score (nSPS) is 14.5. The second-order valence-electron chi connectivity index (χ2n) is 4.95. The average molecular weight is 275 g/mol. The molecule has 0 aromatic rings. The van der Waals surface area contributed by atoms with Crippen LogP contribution >= 0.6 is 0 Å². The monoisotopic (exact) mass is 275 g/mol. The van der Waals surface area contributed by atoms with Crippen molar-refractivity contribution in [3.63, 3.8) is 0 Å². The molecule has 0 fully saturated rings. The Kier molecular flexibility index (Phi) is 14.1. The van der Waals surface area contributed by atoms with Crippen molar-refractivity contribution in [2.45, 2.75) is 46.1 Å². The van der Waals surface area contributed by atoms with Crippen molar-refractivity contribution in [2.75, 3.05) is 46.7 Å². The smallest absolute Gasteiger partial charge is 0.0701 e. The van der Waals surface area contributed by atoms with Gasteiger partial charge in [-0.05, 0) is 31.7 Å². The van der Waals surface area contributed by atoms with E-state index in [9.17, 15) is 0 Å². The SMILES string of the molecule is CCCNC(CC)C(C)CCOCCOCCOC. The molecule has 0 rings (SSSR count). The van der Waals surface area contributed by atoms with Gasteiger partial charge < -0.3 is 19.5 Å². The maximum atomic E-state index is 5.59. The van der Waals surface area contributed by atoms with E-state index in [2.05, 4.69) is 26.1 Å². The molecular formula is C15H33NO3. The molecule has 0 aromatic heterocycles. The van der Waals surface area contributed by atoms with Gasteiger partial charge in [-0.25, -0.2) is 0 Å². The van der Waals surface area contributed by atoms with Gasteiger partial charge in [-0.3, -0.25) is 0 Å². The van der Waals surface area contributed by atoms with Crippen LogP contribution in [-0.4, -0.2) is 52.7 Å². The molecule has 19 heavy (non-hydrogen) atoms. The summed E-state index contributed by atoms with van der Waals surface area (Å²) in [5.74, 6) is 0.658. The van der Waals surface area contributed by atoms with E-state index in [-0.39, 0.29) is 0 Å². The molecule has 0 bridgehead atoms. The minimum Gasteiger partial charge on any atom is -0.382 e. The van der Waals surface area contributed by atoms with Gasteiger partial charge in [-0.15, -0.1) is 0 Å². The first-order valence-corrected chi connectivity index (χ1v) is 7.64. The van der Waals surface area contributed by atoms with Crippen LogP contribution in [0.15, 0.2) is 0 Å². The van der Waals surface area contributed by atoms with Crippen LogP contribution in [0.25, 0.3) is 0 Å². The van der Waals surface area contributed by atoms with E-state index < -0.39 is 0 Å². The van der Waals surface area contributed by atoms with E-state index in [1.807, 2.05) is 0 Å². The van der Waals surface area contributed by atoms with Gasteiger partial charge in [-0.1, -0.05) is 20.8 Å². The molecule has 0 radical (unpaired) electrons. The summed E-state index contributed by atoms with van der Waals surface area (Å²) in [6, 6.07) is 0.613. The van der Waals surface area contributed by atoms with E-state index in [4.69, 9.17) is 14.2 Å². The maximum Gasteiger partial charge on any atom is 0.0701 e. The highest BCUT2D eigenvalue weighted by Crippen LogP contribution is 2.11. The molecule has 1 N–H and O–H groups in total. The molecule has 2 atom stereocenters. The lowest BCUT2D eigenvalue weighted by Gasteiger charge is -2.23. The zero-order valence-electron chi connectivity index (χ0n) is 13.2. The Morgan fingerprint density at radius 1 is 0.947 bits per heavy atom. The second kappa shape index (κ2) is 14.3. The lowest BCUT2D eigenvalue weighted by molar-refractivity contribution is 0.0213. The summed E-state index contributed by atoms with van der Waals surface area (Å²) in [7, 11) is 1.68. The lowest BCUT2D eigenvalue weighted by Crippen LogP contribution is -2.35. The predicted octanol–water partition coefficient (Wildman–Crippen LogP) is 2.47. The molecule has 2 unspecified atom stereocenters. The summed E-state index contributed by atoms with van der Waals surface area (Å²) in [6.45, 7) is 11.3. The Hall–Kier alpha value is -0.160. The van der Waals surface area contributed by atoms with Gasteiger partial charge in [0.15, 0.2) is 0 Å². The Morgan fingerprint density at radius 3 is 2.16 bits per heavy atom. The average Bonchev–Trinajstić information content (AvgIpc) is 2.42. The van der Waals surface area contributed by atoms with Gasteiger partial charge in [0.1, 0.15) is 0 Å². The molecule has 116 valence electrons. The van der Waals surface area contributed by atoms with Crippen LogP contribution in [0, 0.1) is 5.92 Å². The molecule has 0 saturated heterocycles. The fourth-order valence-electron chi connectivity index (χ4n) is 2.01. The number of nitrogens with one attached hydrogen (secondary N) is 1. The van der Waals surface area contributed by atoms with Gasteiger partial charge in [-0.2, -0.15) is 0 Å². The van der Waals surface area contributed by atoms with Gasteiger partial charge in [0.2, 0.25) is 0 Å². The van der Waals surface area contributed by atoms with Crippen LogP contribution in [0.1, 0.15) is 40.0 Å². The van der Waals surface area contributed by atoms with Crippen molar-refractivity contribution >= 4 is 0 Å². The number of hydrogen-bond acceptors (Lipinski definition) is 4. The number of ether oxygens (including phenoxy) is 3. The summed E-state index contributed by atoms with van der Waals surface area (Å²) in [6.07, 6.45) is 3.48. The number of hydrogen-bond donors (Lipinski definition) is 1. The zero-order chi connectivity index (χ0) is 14.3. The minimum absolute atomic E-state index is 0.613. The minimum atomic E-state index is 0.613. The summed E-state index contributed by atoms with van der Waals surface area (Å²) >= 11 is 0. The maximum absolute atomic E-state index is 5.59. The molecule has 0 aliphatic heterocycles. The van der Waals surface area contributed by atoms with Crippen LogP contribution in [-0.2, 0) is 14.2 Å². The molecule has 0 amide bonds. The van der Waals surface area contributed by atoms with E-state index >= 15 is 0 Å². The van der Waals surface area contributed by atoms with E-state index in [1.165, 1.54) is 12.8 Å². The van der Waals surface area contributed by atoms with Crippen molar-refractivity contribution in [2.24, 2.45) is 5.92 Å². The first kappa shape index (κ1) is 18.8. The fourth-order valence-corrected chi connectivity index (χ4v) is 2.01. The van der Waals surface area contributed by atoms with Crippen LogP contribution in [0.4, 0.5) is 0 Å². The van der Waals surface area contributed by atoms with Crippen molar-refractivity contribution < 1.29 is 14.2 Å². The molecular weight excluding hydrogens is 242 g/mol. The quantitative estimate of drug-likeness (QED) is 0.494. The molecule has 4 heteroatoms. The van der Waals surface area contributed by atoms with Gasteiger partial charge in [0.05, 0.1) is 26.4 Å². The van der Waals surface area contributed by atoms with E-state index in [0.29, 0.717) is 38.4 Å². The fraction of sp³-hybridized carbons (Fsp3) is 1.00. The molecule has 0 spiro atoms. The third-order valence-electron chi connectivity index (χ3n) is 3.30. The van der Waals surface area contributed by atoms with Gasteiger partial charge in [0.25, 0.3) is 0 Å². The predicted molar refractivity (Wildman–Crippen MR) is 79.7 cm³/mol. The first-order chi connectivity index (χ1) is 9.26. The zero-order valence-corrected chi connectivity index (χ0v) is 13.2. The first-order valence-electron chi connectivity index (χ1n) is 7.64. The van der Waals surface area contributed by atoms with Gasteiger partial charge >= 0.3 is 0 Å². The molecule has 0 aliphatic carbocycles. The second-order valence-corrected chi connectivity index (χ2v) is 4.95. The highest BCUT2D eigenvalue weighted by atomic mass is 16.5. The van der Waals surface area contributed by atoms with Gasteiger partial charge in [0, 0.05) is 19.8 Å². The summed E-state index contributed by atoms with van der Waals surface area (Å²) in [5, 5.41) is 3.60. The molecule has 0 saturated carbocycles. The lowest BCUT2D eigenvalue weighted by atomic mass is 9.96. The van der Waals surface area contributed by atoms with Crippen molar-refractivity contribution in [1.82, 2.24) is 5.32 Å². The summed E-state index contributed by atoms with van der Waals surface area (Å²) in [4.78, 5) is 0. The standard InChI is InChI=1S/C15H33NO3/c1-5-8-16-15(6-2)14(3)7-9-18-12-13-19-11-10-17-4/h14-16H,5-13H2,1-4H3. The Bertz CT molecular complexity index is 179. The van der Waals surface area contributed by atoms with Crippen LogP contribution in [0.3, 0.4) is 0 Å². The third kappa shape index (κ3) is 11.4. The molecule has 0 heterocycles. The highest BCUT2D eigenvalue weighted by molar-refractivity contribution is 4.71. The Labute approximate surface area is 119 Å². The van der Waals surface area contributed by atoms with E-state index in [0.717, 1.165) is 19.6 Å². The van der Waals surface area contributed by atoms with Crippen molar-refractivity contribution in [3.05, 3.63) is 0 Å².